The van der Waals surface area contributed by atoms with Crippen LogP contribution in [0, 0.1) is 112 Å². The van der Waals surface area contributed by atoms with Gasteiger partial charge in [-0.15, -0.1) is 0 Å². The third kappa shape index (κ3) is 7.52. The highest BCUT2D eigenvalue weighted by Crippen LogP contribution is 2.68. The summed E-state index contributed by atoms with van der Waals surface area (Å²) >= 11 is 0. The molecule has 8 saturated carbocycles. The number of hydrogen-bond donors (Lipinski definition) is 0. The molecule has 0 radical (unpaired) electrons. The van der Waals surface area contributed by atoms with Gasteiger partial charge in [0, 0.05) is 0 Å². The predicted octanol–water partition coefficient (Wildman–Crippen LogP) is 16.1. The molecule has 0 bridgehead atoms. The molecule has 0 aromatic rings. The van der Waals surface area contributed by atoms with Gasteiger partial charge in [0.05, 0.1) is 0 Å². The van der Waals surface area contributed by atoms with Crippen molar-refractivity contribution in [2.75, 3.05) is 0 Å². The first-order valence-corrected chi connectivity index (χ1v) is 25.6. The van der Waals surface area contributed by atoms with Gasteiger partial charge in [-0.25, -0.2) is 0 Å². The van der Waals surface area contributed by atoms with Crippen LogP contribution < -0.4 is 0 Å². The lowest BCUT2D eigenvalue weighted by Gasteiger charge is -2.65. The SMILES string of the molecule is C.C/C(=C\CC1CCCCC1C)C1CC(C2CC=CC2)C2CCC3C(C4CCCC5CCCCC54)CC(C4CCCCC4C4CCCCC4)C4C=CC1C2C43. The van der Waals surface area contributed by atoms with Gasteiger partial charge in [-0.2, -0.15) is 0 Å². The molecule has 10 rings (SSSR count). The maximum Gasteiger partial charge on any atom is -0.0134 e. The highest BCUT2D eigenvalue weighted by atomic mass is 14.7. The fourth-order valence-electron chi connectivity index (χ4n) is 18.6. The standard InChI is InChI=1S/C54H84.CH4/c1-35-15-6-7-16-37(35)28-27-36(2)49-33-50(40-20-8-9-21-40)46-30-32-48-52(44-26-14-22-39-19-10-11-23-42(39)44)34-51(47-31-29-45(49)53(46)54(47)48)43-25-13-12-24-41(43)38-17-4-3-5-18-38;/h8-9,27,29,31,35,37-54H,3-7,10-26,28,30,32-34H2,1-2H3;1H4/b36-27+;. The summed E-state index contributed by atoms with van der Waals surface area (Å²) in [6.07, 6.45) is 55.6. The minimum absolute atomic E-state index is 0. The van der Waals surface area contributed by atoms with Gasteiger partial charge < -0.3 is 0 Å². The van der Waals surface area contributed by atoms with E-state index in [0.29, 0.717) is 0 Å². The quantitative estimate of drug-likeness (QED) is 0.227. The Labute approximate surface area is 341 Å². The molecule has 0 saturated heterocycles. The van der Waals surface area contributed by atoms with Gasteiger partial charge in [0.2, 0.25) is 0 Å². The van der Waals surface area contributed by atoms with Crippen molar-refractivity contribution in [1.29, 1.82) is 0 Å². The van der Waals surface area contributed by atoms with Gasteiger partial charge in [0.15, 0.2) is 0 Å². The topological polar surface area (TPSA) is 0 Å². The van der Waals surface area contributed by atoms with Gasteiger partial charge in [-0.3, -0.25) is 0 Å². The van der Waals surface area contributed by atoms with Crippen LogP contribution in [0.25, 0.3) is 0 Å². The van der Waals surface area contributed by atoms with Crippen molar-refractivity contribution in [3.63, 3.8) is 0 Å². The summed E-state index contributed by atoms with van der Waals surface area (Å²) in [4.78, 5) is 0. The molecule has 17 unspecified atom stereocenters. The number of rotatable bonds is 7. The molecular formula is C55H88. The molecule has 0 amide bonds. The Morgan fingerprint density at radius 2 is 1.02 bits per heavy atom. The lowest BCUT2D eigenvalue weighted by molar-refractivity contribution is -0.144. The molecule has 0 aliphatic heterocycles. The van der Waals surface area contributed by atoms with Crippen LogP contribution in [0.15, 0.2) is 36.0 Å². The minimum Gasteiger partial charge on any atom is -0.0882 e. The summed E-state index contributed by atoms with van der Waals surface area (Å²) in [6.45, 7) is 5.23. The maximum absolute atomic E-state index is 3.04. The van der Waals surface area contributed by atoms with Crippen LogP contribution in [-0.4, -0.2) is 0 Å². The molecule has 0 nitrogen and oxygen atoms in total. The number of hydrogen-bond acceptors (Lipinski definition) is 0. The molecule has 10 aliphatic rings. The van der Waals surface area contributed by atoms with E-state index in [2.05, 4.69) is 44.2 Å². The maximum atomic E-state index is 3.04. The van der Waals surface area contributed by atoms with E-state index >= 15 is 0 Å². The molecule has 8 fully saturated rings. The monoisotopic (exact) mass is 749 g/mol. The summed E-state index contributed by atoms with van der Waals surface area (Å²) in [5.41, 5.74) is 1.84. The summed E-state index contributed by atoms with van der Waals surface area (Å²) in [5.74, 6) is 18.8. The van der Waals surface area contributed by atoms with E-state index in [0.717, 1.165) is 112 Å². The molecule has 0 heterocycles. The van der Waals surface area contributed by atoms with E-state index < -0.39 is 0 Å². The average Bonchev–Trinajstić information content (AvgIpc) is 3.77. The fraction of sp³-hybridized carbons (Fsp3) is 0.891. The Morgan fingerprint density at radius 1 is 0.473 bits per heavy atom. The summed E-state index contributed by atoms with van der Waals surface area (Å²) in [7, 11) is 0. The number of fused-ring (bicyclic) bond motifs is 1. The normalized spacial score (nSPS) is 49.1. The molecule has 17 atom stereocenters. The largest absolute Gasteiger partial charge is 0.0882 e. The lowest BCUT2D eigenvalue weighted by atomic mass is 9.39. The Balaban J connectivity index is 0.00000397. The zero-order chi connectivity index (χ0) is 36.2. The number of allylic oxidation sites excluding steroid dienone is 6. The second kappa shape index (κ2) is 17.4. The van der Waals surface area contributed by atoms with Gasteiger partial charge in [-0.1, -0.05) is 147 Å². The molecular weight excluding hydrogens is 661 g/mol. The van der Waals surface area contributed by atoms with Crippen molar-refractivity contribution >= 4 is 0 Å². The highest BCUT2D eigenvalue weighted by molar-refractivity contribution is 5.23. The molecule has 308 valence electrons. The van der Waals surface area contributed by atoms with Gasteiger partial charge >= 0.3 is 0 Å². The van der Waals surface area contributed by atoms with Crippen LogP contribution in [0.4, 0.5) is 0 Å². The first-order chi connectivity index (χ1) is 26.6. The van der Waals surface area contributed by atoms with Crippen LogP contribution in [0.2, 0.25) is 0 Å². The smallest absolute Gasteiger partial charge is 0.0134 e. The van der Waals surface area contributed by atoms with Crippen LogP contribution in [0.5, 0.6) is 0 Å². The molecule has 0 aromatic carbocycles. The molecule has 0 heteroatoms. The van der Waals surface area contributed by atoms with Crippen molar-refractivity contribution < 1.29 is 0 Å². The first kappa shape index (κ1) is 39.7. The molecule has 0 spiro atoms. The second-order valence-corrected chi connectivity index (χ2v) is 22.9. The van der Waals surface area contributed by atoms with Crippen LogP contribution in [0.1, 0.15) is 195 Å². The zero-order valence-corrected chi connectivity index (χ0v) is 35.4. The molecule has 0 N–H and O–H groups in total. The predicted molar refractivity (Wildman–Crippen MR) is 235 cm³/mol. The molecule has 55 heavy (non-hydrogen) atoms. The van der Waals surface area contributed by atoms with E-state index in [1.54, 1.807) is 103 Å². The van der Waals surface area contributed by atoms with Crippen molar-refractivity contribution in [3.05, 3.63) is 36.0 Å². The highest BCUT2D eigenvalue weighted by Gasteiger charge is 2.61. The van der Waals surface area contributed by atoms with Crippen LogP contribution in [0.3, 0.4) is 0 Å². The first-order valence-electron chi connectivity index (χ1n) is 25.6. The van der Waals surface area contributed by atoms with Crippen molar-refractivity contribution in [2.45, 2.75) is 195 Å². The van der Waals surface area contributed by atoms with Crippen molar-refractivity contribution in [2.24, 2.45) is 112 Å². The Morgan fingerprint density at radius 3 is 1.75 bits per heavy atom. The van der Waals surface area contributed by atoms with Crippen LogP contribution >= 0.6 is 0 Å². The van der Waals surface area contributed by atoms with Gasteiger partial charge in [0.25, 0.3) is 0 Å². The van der Waals surface area contributed by atoms with E-state index in [9.17, 15) is 0 Å². The van der Waals surface area contributed by atoms with Crippen LogP contribution in [-0.2, 0) is 0 Å². The average molecular weight is 749 g/mol. The summed E-state index contributed by atoms with van der Waals surface area (Å²) in [6, 6.07) is 0. The van der Waals surface area contributed by atoms with Gasteiger partial charge in [-0.05, 0) is 196 Å². The third-order valence-electron chi connectivity index (χ3n) is 21.0. The molecule has 10 aliphatic carbocycles. The Kier molecular flexibility index (Phi) is 12.6. The zero-order valence-electron chi connectivity index (χ0n) is 35.4. The summed E-state index contributed by atoms with van der Waals surface area (Å²) < 4.78 is 0. The minimum atomic E-state index is 0. The second-order valence-electron chi connectivity index (χ2n) is 22.9. The van der Waals surface area contributed by atoms with E-state index in [-0.39, 0.29) is 7.43 Å². The van der Waals surface area contributed by atoms with E-state index in [4.69, 9.17) is 0 Å². The lowest BCUT2D eigenvalue weighted by Crippen LogP contribution is -2.59. The van der Waals surface area contributed by atoms with E-state index in [1.165, 1.54) is 70.6 Å². The Bertz CT molecular complexity index is 1330. The summed E-state index contributed by atoms with van der Waals surface area (Å²) in [5, 5.41) is 0. The van der Waals surface area contributed by atoms with Crippen molar-refractivity contribution in [1.82, 2.24) is 0 Å². The fourth-order valence-corrected chi connectivity index (χ4v) is 18.6. The van der Waals surface area contributed by atoms with Gasteiger partial charge in [0.1, 0.15) is 0 Å². The van der Waals surface area contributed by atoms with Crippen molar-refractivity contribution in [3.8, 4) is 0 Å². The van der Waals surface area contributed by atoms with E-state index in [1.807, 2.05) is 5.57 Å². The molecule has 0 aromatic heterocycles. The third-order valence-corrected chi connectivity index (χ3v) is 21.0. The Hall–Kier alpha value is -0.780.